The first-order valence-electron chi connectivity index (χ1n) is 9.40. The van der Waals surface area contributed by atoms with Gasteiger partial charge in [0.1, 0.15) is 6.04 Å². The van der Waals surface area contributed by atoms with Crippen molar-refractivity contribution < 1.29 is 14.7 Å². The second-order valence-corrected chi connectivity index (χ2v) is 7.39. The number of hydrogen-bond acceptors (Lipinski definition) is 3. The molecule has 5 heteroatoms. The molecule has 0 unspecified atom stereocenters. The zero-order valence-electron chi connectivity index (χ0n) is 14.8. The lowest BCUT2D eigenvalue weighted by Gasteiger charge is -2.23. The second kappa shape index (κ2) is 8.00. The highest BCUT2D eigenvalue weighted by Crippen LogP contribution is 2.32. The van der Waals surface area contributed by atoms with Gasteiger partial charge < -0.3 is 15.7 Å². The molecule has 136 valence electrons. The third-order valence-electron chi connectivity index (χ3n) is 5.57. The van der Waals surface area contributed by atoms with Gasteiger partial charge in [-0.1, -0.05) is 37.1 Å². The lowest BCUT2D eigenvalue weighted by molar-refractivity contribution is -0.133. The lowest BCUT2D eigenvalue weighted by Crippen LogP contribution is -2.54. The number of carbonyl (C=O) groups excluding carboxylic acids is 2. The molecule has 0 aliphatic heterocycles. The summed E-state index contributed by atoms with van der Waals surface area (Å²) in [5.41, 5.74) is 2.65. The molecule has 1 saturated carbocycles. The fourth-order valence-electron chi connectivity index (χ4n) is 4.06. The van der Waals surface area contributed by atoms with Gasteiger partial charge in [0.2, 0.25) is 11.8 Å². The zero-order valence-corrected chi connectivity index (χ0v) is 14.8. The Morgan fingerprint density at radius 3 is 2.64 bits per heavy atom. The van der Waals surface area contributed by atoms with Crippen LogP contribution in [0.3, 0.4) is 0 Å². The van der Waals surface area contributed by atoms with E-state index in [4.69, 9.17) is 0 Å². The minimum Gasteiger partial charge on any atom is -0.391 e. The molecule has 0 saturated heterocycles. The minimum atomic E-state index is -0.916. The molecule has 0 bridgehead atoms. The maximum absolute atomic E-state index is 12.5. The number of fused-ring (bicyclic) bond motifs is 1. The maximum Gasteiger partial charge on any atom is 0.245 e. The standard InChI is InChI=1S/C20H28N2O3/c1-13(23)18(22-19(24)15-7-2-3-8-15)20(25)21-12-16-11-10-14-6-4-5-9-17(14)16/h4-6,9,13,15-16,18,23H,2-3,7-8,10-12H2,1H3,(H,21,25)(H,22,24)/t13-,16+,18+/m0/s1. The Bertz CT molecular complexity index is 623. The normalized spacial score (nSPS) is 22.2. The molecule has 0 spiro atoms. The van der Waals surface area contributed by atoms with Gasteiger partial charge in [-0.25, -0.2) is 0 Å². The van der Waals surface area contributed by atoms with Crippen molar-refractivity contribution >= 4 is 11.8 Å². The second-order valence-electron chi connectivity index (χ2n) is 7.39. The van der Waals surface area contributed by atoms with Crippen LogP contribution in [-0.2, 0) is 16.0 Å². The van der Waals surface area contributed by atoms with E-state index in [9.17, 15) is 14.7 Å². The van der Waals surface area contributed by atoms with Gasteiger partial charge in [-0.05, 0) is 43.7 Å². The largest absolute Gasteiger partial charge is 0.391 e. The molecule has 3 atom stereocenters. The molecule has 2 amide bonds. The molecule has 1 fully saturated rings. The van der Waals surface area contributed by atoms with E-state index in [2.05, 4.69) is 22.8 Å². The first-order chi connectivity index (χ1) is 12.1. The van der Waals surface area contributed by atoms with E-state index < -0.39 is 12.1 Å². The van der Waals surface area contributed by atoms with E-state index in [-0.39, 0.29) is 17.7 Å². The van der Waals surface area contributed by atoms with Gasteiger partial charge in [-0.2, -0.15) is 0 Å². The predicted molar refractivity (Wildman–Crippen MR) is 96.1 cm³/mol. The number of amides is 2. The van der Waals surface area contributed by atoms with Crippen LogP contribution in [0.25, 0.3) is 0 Å². The third-order valence-corrected chi connectivity index (χ3v) is 5.57. The smallest absolute Gasteiger partial charge is 0.245 e. The molecular formula is C20H28N2O3. The number of benzene rings is 1. The Morgan fingerprint density at radius 1 is 1.20 bits per heavy atom. The van der Waals surface area contributed by atoms with Crippen molar-refractivity contribution in [1.82, 2.24) is 10.6 Å². The van der Waals surface area contributed by atoms with E-state index in [1.165, 1.54) is 11.1 Å². The Kier molecular flexibility index (Phi) is 5.74. The van der Waals surface area contributed by atoms with E-state index in [0.29, 0.717) is 12.5 Å². The molecule has 1 aromatic carbocycles. The van der Waals surface area contributed by atoms with Crippen molar-refractivity contribution in [2.45, 2.75) is 63.5 Å². The van der Waals surface area contributed by atoms with Crippen molar-refractivity contribution in [2.24, 2.45) is 5.92 Å². The maximum atomic E-state index is 12.5. The molecule has 3 rings (SSSR count). The number of carbonyl (C=O) groups is 2. The van der Waals surface area contributed by atoms with Crippen molar-refractivity contribution in [2.75, 3.05) is 6.54 Å². The Balaban J connectivity index is 1.55. The molecule has 0 heterocycles. The van der Waals surface area contributed by atoms with E-state index in [1.54, 1.807) is 6.92 Å². The van der Waals surface area contributed by atoms with Crippen LogP contribution >= 0.6 is 0 Å². The van der Waals surface area contributed by atoms with Crippen molar-refractivity contribution in [3.63, 3.8) is 0 Å². The molecule has 0 radical (unpaired) electrons. The first-order valence-corrected chi connectivity index (χ1v) is 9.40. The molecule has 3 N–H and O–H groups in total. The highest BCUT2D eigenvalue weighted by Gasteiger charge is 2.31. The number of aliphatic hydroxyl groups is 1. The first kappa shape index (κ1) is 17.9. The fourth-order valence-corrected chi connectivity index (χ4v) is 4.06. The van der Waals surface area contributed by atoms with E-state index in [1.807, 2.05) is 12.1 Å². The summed E-state index contributed by atoms with van der Waals surface area (Å²) in [7, 11) is 0. The van der Waals surface area contributed by atoms with Crippen LogP contribution < -0.4 is 10.6 Å². The summed E-state index contributed by atoms with van der Waals surface area (Å²) in [4.78, 5) is 24.8. The van der Waals surface area contributed by atoms with Gasteiger partial charge in [0, 0.05) is 18.4 Å². The van der Waals surface area contributed by atoms with E-state index in [0.717, 1.165) is 38.5 Å². The summed E-state index contributed by atoms with van der Waals surface area (Å²) in [5, 5.41) is 15.6. The van der Waals surface area contributed by atoms with Crippen molar-refractivity contribution in [3.8, 4) is 0 Å². The highest BCUT2D eigenvalue weighted by molar-refractivity contribution is 5.89. The third kappa shape index (κ3) is 4.21. The lowest BCUT2D eigenvalue weighted by atomic mass is 10.0. The zero-order chi connectivity index (χ0) is 17.8. The van der Waals surface area contributed by atoms with Gasteiger partial charge in [-0.15, -0.1) is 0 Å². The Labute approximate surface area is 149 Å². The SMILES string of the molecule is C[C@H](O)[C@@H](NC(=O)C1CCCC1)C(=O)NC[C@H]1CCc2ccccc21. The topological polar surface area (TPSA) is 78.4 Å². The van der Waals surface area contributed by atoms with Crippen molar-refractivity contribution in [3.05, 3.63) is 35.4 Å². The minimum absolute atomic E-state index is 0.0178. The summed E-state index contributed by atoms with van der Waals surface area (Å²) in [6.45, 7) is 2.09. The van der Waals surface area contributed by atoms with Crippen LogP contribution in [0.1, 0.15) is 56.1 Å². The molecule has 0 aromatic heterocycles. The molecule has 2 aliphatic carbocycles. The van der Waals surface area contributed by atoms with Crippen LogP contribution in [0.5, 0.6) is 0 Å². The van der Waals surface area contributed by atoms with Crippen LogP contribution in [-0.4, -0.2) is 35.6 Å². The quantitative estimate of drug-likeness (QED) is 0.737. The van der Waals surface area contributed by atoms with Crippen LogP contribution in [0.2, 0.25) is 0 Å². The van der Waals surface area contributed by atoms with Crippen LogP contribution in [0.4, 0.5) is 0 Å². The average molecular weight is 344 g/mol. The number of aryl methyl sites for hydroxylation is 1. The number of aliphatic hydroxyl groups excluding tert-OH is 1. The number of rotatable bonds is 6. The predicted octanol–water partition coefficient (Wildman–Crippen LogP) is 1.89. The van der Waals surface area contributed by atoms with E-state index >= 15 is 0 Å². The number of hydrogen-bond donors (Lipinski definition) is 3. The van der Waals surface area contributed by atoms with Gasteiger partial charge >= 0.3 is 0 Å². The molecular weight excluding hydrogens is 316 g/mol. The molecule has 2 aliphatic rings. The van der Waals surface area contributed by atoms with Crippen LogP contribution in [0.15, 0.2) is 24.3 Å². The molecule has 25 heavy (non-hydrogen) atoms. The number of nitrogens with one attached hydrogen (secondary N) is 2. The monoisotopic (exact) mass is 344 g/mol. The van der Waals surface area contributed by atoms with Crippen LogP contribution in [0, 0.1) is 5.92 Å². The summed E-state index contributed by atoms with van der Waals surface area (Å²) >= 11 is 0. The van der Waals surface area contributed by atoms with Gasteiger partial charge in [0.15, 0.2) is 0 Å². The fraction of sp³-hybridized carbons (Fsp3) is 0.600. The summed E-state index contributed by atoms with van der Waals surface area (Å²) < 4.78 is 0. The molecule has 5 nitrogen and oxygen atoms in total. The molecule has 1 aromatic rings. The van der Waals surface area contributed by atoms with Crippen molar-refractivity contribution in [1.29, 1.82) is 0 Å². The summed E-state index contributed by atoms with van der Waals surface area (Å²) in [6.07, 6.45) is 5.01. The Hall–Kier alpha value is -1.88. The summed E-state index contributed by atoms with van der Waals surface area (Å²) in [6, 6.07) is 7.44. The van der Waals surface area contributed by atoms with Gasteiger partial charge in [0.25, 0.3) is 0 Å². The highest BCUT2D eigenvalue weighted by atomic mass is 16.3. The van der Waals surface area contributed by atoms with Gasteiger partial charge in [-0.3, -0.25) is 9.59 Å². The summed E-state index contributed by atoms with van der Waals surface area (Å²) in [5.74, 6) is -0.119. The average Bonchev–Trinajstić information content (AvgIpc) is 3.27. The van der Waals surface area contributed by atoms with Gasteiger partial charge in [0.05, 0.1) is 6.10 Å². The Morgan fingerprint density at radius 2 is 1.92 bits per heavy atom.